The number of benzene rings is 7. The number of rotatable bonds is 4. The molecule has 44 heavy (non-hydrogen) atoms. The summed E-state index contributed by atoms with van der Waals surface area (Å²) in [6, 6.07) is 61.3. The third-order valence-electron chi connectivity index (χ3n) is 9.37. The molecule has 0 saturated carbocycles. The van der Waals surface area contributed by atoms with Gasteiger partial charge in [-0.3, -0.25) is 0 Å². The summed E-state index contributed by atoms with van der Waals surface area (Å²) in [5.41, 5.74) is 13.8. The number of furan rings is 1. The van der Waals surface area contributed by atoms with E-state index in [2.05, 4.69) is 170 Å². The zero-order valence-electron chi connectivity index (χ0n) is 24.1. The summed E-state index contributed by atoms with van der Waals surface area (Å²) in [7, 11) is 0. The van der Waals surface area contributed by atoms with E-state index in [0.29, 0.717) is 0 Å². The molecule has 1 aliphatic carbocycles. The predicted molar refractivity (Wildman–Crippen MR) is 182 cm³/mol. The van der Waals surface area contributed by atoms with Gasteiger partial charge in [-0.15, -0.1) is 0 Å². The van der Waals surface area contributed by atoms with Crippen LogP contribution in [0.2, 0.25) is 0 Å². The van der Waals surface area contributed by atoms with Crippen LogP contribution < -0.4 is 0 Å². The van der Waals surface area contributed by atoms with Crippen LogP contribution in [-0.2, 0) is 5.41 Å². The second-order valence-corrected chi connectivity index (χ2v) is 11.7. The minimum atomic E-state index is -0.437. The Morgan fingerprint density at radius 2 is 0.864 bits per heavy atom. The molecule has 1 nitrogen and oxygen atoms in total. The lowest BCUT2D eigenvalue weighted by molar-refractivity contribution is 0.666. The van der Waals surface area contributed by atoms with Crippen LogP contribution in [-0.4, -0.2) is 0 Å². The third-order valence-corrected chi connectivity index (χ3v) is 9.37. The van der Waals surface area contributed by atoms with Crippen molar-refractivity contribution < 1.29 is 4.42 Å². The first-order valence-corrected chi connectivity index (χ1v) is 15.2. The van der Waals surface area contributed by atoms with E-state index in [1.54, 1.807) is 0 Å². The predicted octanol–water partition coefficient (Wildman–Crippen LogP) is 11.3. The molecule has 9 rings (SSSR count). The van der Waals surface area contributed by atoms with Gasteiger partial charge in [-0.1, -0.05) is 146 Å². The van der Waals surface area contributed by atoms with Crippen LogP contribution in [0.4, 0.5) is 0 Å². The second kappa shape index (κ2) is 9.69. The van der Waals surface area contributed by atoms with Crippen molar-refractivity contribution in [3.63, 3.8) is 0 Å². The van der Waals surface area contributed by atoms with Gasteiger partial charge in [0.05, 0.1) is 5.41 Å². The lowest BCUT2D eigenvalue weighted by atomic mass is 9.67. The summed E-state index contributed by atoms with van der Waals surface area (Å²) in [6.07, 6.45) is 0. The van der Waals surface area contributed by atoms with E-state index in [-0.39, 0.29) is 0 Å². The number of fused-ring (bicyclic) bond motifs is 6. The van der Waals surface area contributed by atoms with Crippen LogP contribution in [0.15, 0.2) is 174 Å². The van der Waals surface area contributed by atoms with Gasteiger partial charge in [0.1, 0.15) is 11.2 Å². The zero-order chi connectivity index (χ0) is 29.1. The van der Waals surface area contributed by atoms with E-state index < -0.39 is 5.41 Å². The molecule has 8 aromatic rings. The topological polar surface area (TPSA) is 13.1 Å². The highest BCUT2D eigenvalue weighted by molar-refractivity contribution is 6.09. The van der Waals surface area contributed by atoms with Crippen LogP contribution in [0, 0.1) is 0 Å². The van der Waals surface area contributed by atoms with Crippen molar-refractivity contribution in [3.8, 4) is 33.4 Å². The van der Waals surface area contributed by atoms with Crippen LogP contribution in [0.3, 0.4) is 0 Å². The monoisotopic (exact) mass is 560 g/mol. The normalized spacial score (nSPS) is 13.2. The lowest BCUT2D eigenvalue weighted by Gasteiger charge is -2.33. The summed E-state index contributed by atoms with van der Waals surface area (Å²) >= 11 is 0. The number of hydrogen-bond donors (Lipinski definition) is 0. The molecule has 7 aromatic carbocycles. The van der Waals surface area contributed by atoms with Crippen molar-refractivity contribution in [2.45, 2.75) is 5.41 Å². The summed E-state index contributed by atoms with van der Waals surface area (Å²) in [6.45, 7) is 0. The van der Waals surface area contributed by atoms with Gasteiger partial charge < -0.3 is 4.42 Å². The molecular weight excluding hydrogens is 532 g/mol. The van der Waals surface area contributed by atoms with Crippen molar-refractivity contribution >= 4 is 21.9 Å². The molecule has 0 radical (unpaired) electrons. The molecular formula is C43H28O. The molecule has 206 valence electrons. The average Bonchev–Trinajstić information content (AvgIpc) is 3.61. The molecule has 0 aliphatic heterocycles. The molecule has 0 saturated heterocycles. The Labute approximate surface area is 256 Å². The van der Waals surface area contributed by atoms with Crippen molar-refractivity contribution in [2.75, 3.05) is 0 Å². The molecule has 0 bridgehead atoms. The summed E-state index contributed by atoms with van der Waals surface area (Å²) in [4.78, 5) is 0. The highest BCUT2D eigenvalue weighted by Gasteiger charge is 2.46. The fourth-order valence-corrected chi connectivity index (χ4v) is 7.38. The number of hydrogen-bond acceptors (Lipinski definition) is 1. The van der Waals surface area contributed by atoms with E-state index in [1.807, 2.05) is 0 Å². The van der Waals surface area contributed by atoms with Crippen molar-refractivity contribution in [1.29, 1.82) is 0 Å². The average molecular weight is 561 g/mol. The van der Waals surface area contributed by atoms with Crippen LogP contribution in [0.5, 0.6) is 0 Å². The Morgan fingerprint density at radius 3 is 1.55 bits per heavy atom. The van der Waals surface area contributed by atoms with Crippen molar-refractivity contribution in [2.24, 2.45) is 0 Å². The van der Waals surface area contributed by atoms with E-state index in [1.165, 1.54) is 55.6 Å². The quantitative estimate of drug-likeness (QED) is 0.209. The Kier molecular flexibility index (Phi) is 5.48. The largest absolute Gasteiger partial charge is 0.456 e. The van der Waals surface area contributed by atoms with E-state index in [0.717, 1.165) is 21.9 Å². The Balaban J connectivity index is 1.25. The highest BCUT2D eigenvalue weighted by atomic mass is 16.3. The minimum absolute atomic E-state index is 0.437. The third kappa shape index (κ3) is 3.60. The molecule has 1 heteroatoms. The van der Waals surface area contributed by atoms with Crippen LogP contribution in [0.1, 0.15) is 22.3 Å². The van der Waals surface area contributed by atoms with Gasteiger partial charge >= 0.3 is 0 Å². The first-order chi connectivity index (χ1) is 21.8. The van der Waals surface area contributed by atoms with Crippen LogP contribution in [0.25, 0.3) is 55.3 Å². The smallest absolute Gasteiger partial charge is 0.135 e. The van der Waals surface area contributed by atoms with Gasteiger partial charge in [-0.25, -0.2) is 0 Å². The summed E-state index contributed by atoms with van der Waals surface area (Å²) in [5, 5.41) is 2.29. The molecule has 0 atom stereocenters. The second-order valence-electron chi connectivity index (χ2n) is 11.7. The standard InChI is InChI=1S/C43H28O/c1-4-12-29(13-5-1)30-20-22-31(23-21-30)32-24-25-41-37(26-32)38-27-36-35-18-10-11-19-39(35)43(33-14-6-2-7-15-33,34-16-8-3-9-17-34)40(36)28-42(38)44-41/h1-28H. The first-order valence-electron chi connectivity index (χ1n) is 15.2. The maximum Gasteiger partial charge on any atom is 0.135 e. The molecule has 0 N–H and O–H groups in total. The van der Waals surface area contributed by atoms with Crippen molar-refractivity contribution in [1.82, 2.24) is 0 Å². The Bertz CT molecular complexity index is 2250. The van der Waals surface area contributed by atoms with Crippen LogP contribution >= 0.6 is 0 Å². The molecule has 0 unspecified atom stereocenters. The van der Waals surface area contributed by atoms with Gasteiger partial charge in [-0.05, 0) is 79.9 Å². The van der Waals surface area contributed by atoms with E-state index in [4.69, 9.17) is 4.42 Å². The van der Waals surface area contributed by atoms with Gasteiger partial charge in [0.15, 0.2) is 0 Å². The van der Waals surface area contributed by atoms with Gasteiger partial charge in [0, 0.05) is 10.8 Å². The molecule has 0 amide bonds. The Morgan fingerprint density at radius 1 is 0.341 bits per heavy atom. The Hall–Kier alpha value is -5.66. The van der Waals surface area contributed by atoms with E-state index in [9.17, 15) is 0 Å². The van der Waals surface area contributed by atoms with E-state index >= 15 is 0 Å². The molecule has 1 aromatic heterocycles. The molecule has 1 heterocycles. The minimum Gasteiger partial charge on any atom is -0.456 e. The fraction of sp³-hybridized carbons (Fsp3) is 0.0233. The van der Waals surface area contributed by atoms with Gasteiger partial charge in [-0.2, -0.15) is 0 Å². The maximum absolute atomic E-state index is 6.61. The fourth-order valence-electron chi connectivity index (χ4n) is 7.38. The SMILES string of the molecule is c1ccc(-c2ccc(-c3ccc4oc5cc6c(cc5c4c3)-c3ccccc3C6(c3ccccc3)c3ccccc3)cc2)cc1. The van der Waals surface area contributed by atoms with Gasteiger partial charge in [0.2, 0.25) is 0 Å². The van der Waals surface area contributed by atoms with Crippen molar-refractivity contribution in [3.05, 3.63) is 192 Å². The zero-order valence-corrected chi connectivity index (χ0v) is 24.1. The summed E-state index contributed by atoms with van der Waals surface area (Å²) < 4.78 is 6.61. The lowest BCUT2D eigenvalue weighted by Crippen LogP contribution is -2.28. The molecule has 0 fully saturated rings. The summed E-state index contributed by atoms with van der Waals surface area (Å²) in [5.74, 6) is 0. The highest BCUT2D eigenvalue weighted by Crippen LogP contribution is 2.57. The molecule has 1 aliphatic rings. The first kappa shape index (κ1) is 24.9. The van der Waals surface area contributed by atoms with Gasteiger partial charge in [0.25, 0.3) is 0 Å². The maximum atomic E-state index is 6.61. The molecule has 0 spiro atoms.